The van der Waals surface area contributed by atoms with Crippen LogP contribution in [0.15, 0.2) is 0 Å². The van der Waals surface area contributed by atoms with Crippen molar-refractivity contribution in [2.75, 3.05) is 0 Å². The number of carbonyl (C=O) groups excluding carboxylic acids is 2. The maximum absolute atomic E-state index is 11.0. The van der Waals surface area contributed by atoms with Crippen LogP contribution in [0, 0.1) is 16.7 Å². The van der Waals surface area contributed by atoms with E-state index in [1.807, 2.05) is 0 Å². The van der Waals surface area contributed by atoms with Gasteiger partial charge in [0.05, 0.1) is 0 Å². The van der Waals surface area contributed by atoms with Crippen LogP contribution in [0.25, 0.3) is 0 Å². The van der Waals surface area contributed by atoms with Crippen molar-refractivity contribution in [3.8, 4) is 0 Å². The number of carbonyl (C=O) groups is 2. The third kappa shape index (κ3) is 1.98. The van der Waals surface area contributed by atoms with E-state index in [1.165, 1.54) is 0 Å². The van der Waals surface area contributed by atoms with Gasteiger partial charge in [0.1, 0.15) is 0 Å². The molecular weight excluding hydrogens is 292 g/mol. The molecule has 1 saturated carbocycles. The molecule has 0 N–H and O–H groups in total. The van der Waals surface area contributed by atoms with Gasteiger partial charge in [0, 0.05) is 23.3 Å². The number of carboxylic acids is 2. The van der Waals surface area contributed by atoms with Crippen molar-refractivity contribution in [2.24, 2.45) is 16.7 Å². The van der Waals surface area contributed by atoms with Crippen LogP contribution in [0.2, 0.25) is 0 Å². The normalized spacial score (nSPS) is 33.1. The number of hydrogen-bond acceptors (Lipinski definition) is 4. The van der Waals surface area contributed by atoms with Crippen LogP contribution in [-0.4, -0.2) is 11.9 Å². The van der Waals surface area contributed by atoms with Crippen molar-refractivity contribution < 1.29 is 42.2 Å². The van der Waals surface area contributed by atoms with Crippen LogP contribution >= 0.6 is 0 Å². The van der Waals surface area contributed by atoms with E-state index in [0.29, 0.717) is 12.8 Å². The molecule has 15 heavy (non-hydrogen) atoms. The van der Waals surface area contributed by atoms with Gasteiger partial charge in [-0.1, -0.05) is 20.8 Å². The summed E-state index contributed by atoms with van der Waals surface area (Å²) in [5.74, 6) is -3.04. The largest absolute Gasteiger partial charge is 2.00 e. The second-order valence-corrected chi connectivity index (χ2v) is 4.75. The summed E-state index contributed by atoms with van der Waals surface area (Å²) in [6.07, 6.45) is 0.681. The van der Waals surface area contributed by atoms with Crippen LogP contribution in [0.1, 0.15) is 33.6 Å². The number of rotatable bonds is 2. The molecule has 1 aliphatic carbocycles. The van der Waals surface area contributed by atoms with Crippen LogP contribution in [0.3, 0.4) is 0 Å². The fraction of sp³-hybridized carbons (Fsp3) is 0.800. The van der Waals surface area contributed by atoms with E-state index in [0.717, 1.165) is 0 Å². The van der Waals surface area contributed by atoms with E-state index in [1.54, 1.807) is 20.8 Å². The fourth-order valence-electron chi connectivity index (χ4n) is 2.28. The van der Waals surface area contributed by atoms with Crippen molar-refractivity contribution in [3.63, 3.8) is 0 Å². The maximum Gasteiger partial charge on any atom is 2.00 e. The van der Waals surface area contributed by atoms with Crippen LogP contribution in [0.5, 0.6) is 0 Å². The smallest absolute Gasteiger partial charge is 0.550 e. The Hall–Kier alpha value is -0.320. The minimum absolute atomic E-state index is 0. The molecule has 0 bridgehead atoms. The molecule has 2 unspecified atom stereocenters. The van der Waals surface area contributed by atoms with Crippen molar-refractivity contribution in [1.29, 1.82) is 0 Å². The predicted molar refractivity (Wildman–Crippen MR) is 44.6 cm³/mol. The molecule has 0 aliphatic heterocycles. The van der Waals surface area contributed by atoms with Crippen molar-refractivity contribution in [2.45, 2.75) is 33.6 Å². The standard InChI is InChI=1S/C10H16O4.Ag/c1-9(2)6(7(11)12)4-5-10(9,3)8(13)14;/h6H,4-5H2,1-3H3,(H,11,12)(H,13,14);/q;+2/p-2. The monoisotopic (exact) mass is 305 g/mol. The summed E-state index contributed by atoms with van der Waals surface area (Å²) in [7, 11) is 0. The molecule has 0 amide bonds. The summed E-state index contributed by atoms with van der Waals surface area (Å²) in [5, 5.41) is 21.8. The van der Waals surface area contributed by atoms with Crippen LogP contribution in [0.4, 0.5) is 0 Å². The minimum atomic E-state index is -1.17. The Balaban J connectivity index is 0.00000196. The predicted octanol–water partition coefficient (Wildman–Crippen LogP) is -1.07. The quantitative estimate of drug-likeness (QED) is 0.608. The molecule has 1 aliphatic rings. The van der Waals surface area contributed by atoms with E-state index in [9.17, 15) is 19.8 Å². The third-order valence-corrected chi connectivity index (χ3v) is 3.96. The van der Waals surface area contributed by atoms with Gasteiger partial charge in [0.25, 0.3) is 0 Å². The summed E-state index contributed by atoms with van der Waals surface area (Å²) >= 11 is 0. The van der Waals surface area contributed by atoms with E-state index in [4.69, 9.17) is 0 Å². The molecule has 0 aromatic heterocycles. The Bertz CT molecular complexity index is 287. The molecule has 1 rings (SSSR count). The first-order chi connectivity index (χ1) is 6.23. The van der Waals surface area contributed by atoms with Crippen LogP contribution < -0.4 is 10.2 Å². The summed E-state index contributed by atoms with van der Waals surface area (Å²) in [6.45, 7) is 4.85. The molecular formula is C10H14AgO4. The van der Waals surface area contributed by atoms with Crippen molar-refractivity contribution >= 4 is 11.9 Å². The van der Waals surface area contributed by atoms with Gasteiger partial charge in [-0.15, -0.1) is 0 Å². The van der Waals surface area contributed by atoms with Crippen molar-refractivity contribution in [1.82, 2.24) is 0 Å². The second kappa shape index (κ2) is 4.28. The maximum atomic E-state index is 11.0. The number of hydrogen-bond donors (Lipinski definition) is 0. The van der Waals surface area contributed by atoms with Gasteiger partial charge in [0.2, 0.25) is 0 Å². The minimum Gasteiger partial charge on any atom is -0.550 e. The Morgan fingerprint density at radius 3 is 1.87 bits per heavy atom. The average molecular weight is 306 g/mol. The Morgan fingerprint density at radius 1 is 1.20 bits per heavy atom. The molecule has 4 nitrogen and oxygen atoms in total. The molecule has 89 valence electrons. The third-order valence-electron chi connectivity index (χ3n) is 3.96. The van der Waals surface area contributed by atoms with Gasteiger partial charge in [0.15, 0.2) is 0 Å². The van der Waals surface area contributed by atoms with E-state index in [2.05, 4.69) is 0 Å². The molecule has 0 aromatic carbocycles. The van der Waals surface area contributed by atoms with Gasteiger partial charge in [-0.2, -0.15) is 0 Å². The average Bonchev–Trinajstić information content (AvgIpc) is 2.24. The summed E-state index contributed by atoms with van der Waals surface area (Å²) < 4.78 is 0. The SMILES string of the molecule is CC1(C(=O)[O-])CCC(C(=O)[O-])C1(C)C.[Ag+2]. The number of carboxylic acid groups (broad SMARTS) is 2. The molecule has 0 aromatic rings. The molecule has 2 atom stereocenters. The molecule has 0 spiro atoms. The Labute approximate surface area is 105 Å². The second-order valence-electron chi connectivity index (χ2n) is 4.75. The topological polar surface area (TPSA) is 80.3 Å². The molecule has 0 saturated heterocycles. The van der Waals surface area contributed by atoms with Gasteiger partial charge in [-0.25, -0.2) is 0 Å². The Kier molecular flexibility index (Phi) is 4.19. The summed E-state index contributed by atoms with van der Waals surface area (Å²) in [6, 6.07) is 0. The zero-order chi connectivity index (χ0) is 11.1. The molecule has 0 heterocycles. The van der Waals surface area contributed by atoms with E-state index < -0.39 is 28.7 Å². The van der Waals surface area contributed by atoms with Crippen LogP contribution in [-0.2, 0) is 32.0 Å². The van der Waals surface area contributed by atoms with Crippen molar-refractivity contribution in [3.05, 3.63) is 0 Å². The zero-order valence-electron chi connectivity index (χ0n) is 8.93. The first kappa shape index (κ1) is 14.7. The fourth-order valence-corrected chi connectivity index (χ4v) is 2.28. The van der Waals surface area contributed by atoms with Gasteiger partial charge < -0.3 is 19.8 Å². The first-order valence-electron chi connectivity index (χ1n) is 4.66. The Morgan fingerprint density at radius 2 is 1.67 bits per heavy atom. The summed E-state index contributed by atoms with van der Waals surface area (Å²) in [5.41, 5.74) is -1.89. The van der Waals surface area contributed by atoms with Gasteiger partial charge >= 0.3 is 22.4 Å². The number of aliphatic carboxylic acids is 2. The molecule has 5 heteroatoms. The van der Waals surface area contributed by atoms with E-state index >= 15 is 0 Å². The van der Waals surface area contributed by atoms with E-state index in [-0.39, 0.29) is 22.4 Å². The molecule has 1 radical (unpaired) electrons. The zero-order valence-corrected chi connectivity index (χ0v) is 10.4. The first-order valence-corrected chi connectivity index (χ1v) is 4.66. The van der Waals surface area contributed by atoms with Gasteiger partial charge in [-0.05, 0) is 18.3 Å². The summed E-state index contributed by atoms with van der Waals surface area (Å²) in [4.78, 5) is 21.8. The van der Waals surface area contributed by atoms with Gasteiger partial charge in [-0.3, -0.25) is 0 Å². The molecule has 1 fully saturated rings.